The van der Waals surface area contributed by atoms with E-state index in [-0.39, 0.29) is 0 Å². The minimum Gasteiger partial charge on any atom is -0.463 e. The SMILES string of the molecule is CC1(C)Oc2ncnc(N)c2N=C1c1ccccc1.CC1CCC(CP(=O)(O)c2cccs2)CC1. The lowest BCUT2D eigenvalue weighted by Gasteiger charge is -2.32. The van der Waals surface area contributed by atoms with E-state index in [4.69, 9.17) is 10.5 Å². The standard InChI is InChI=1S/C14H14N4O.C12H19O2PS/c1-14(2)11(9-6-4-3-5-7-9)18-10-12(15)16-8-17-13(10)19-14;1-10-4-6-11(7-5-10)9-15(13,14)12-3-2-8-16-12/h3-8H,1-2H3,(H2,15,16,17);2-3,8,10-11H,4-7,9H2,1H3,(H,13,14). The third-order valence-corrected chi connectivity index (χ3v) is 10.2. The lowest BCUT2D eigenvalue weighted by atomic mass is 9.84. The van der Waals surface area contributed by atoms with Crippen molar-refractivity contribution in [2.75, 3.05) is 11.9 Å². The lowest BCUT2D eigenvalue weighted by Crippen LogP contribution is -2.41. The highest BCUT2D eigenvalue weighted by molar-refractivity contribution is 7.71. The van der Waals surface area contributed by atoms with E-state index in [1.165, 1.54) is 30.5 Å². The van der Waals surface area contributed by atoms with Crippen molar-refractivity contribution in [2.24, 2.45) is 16.8 Å². The number of benzene rings is 1. The van der Waals surface area contributed by atoms with Gasteiger partial charge in [0.05, 0.1) is 10.3 Å². The molecule has 186 valence electrons. The van der Waals surface area contributed by atoms with E-state index in [0.29, 0.717) is 34.1 Å². The third-order valence-electron chi connectivity index (χ3n) is 6.50. The molecule has 1 aliphatic carbocycles. The van der Waals surface area contributed by atoms with E-state index in [9.17, 15) is 9.46 Å². The predicted octanol–water partition coefficient (Wildman–Crippen LogP) is 5.82. The molecule has 35 heavy (non-hydrogen) atoms. The van der Waals surface area contributed by atoms with Gasteiger partial charge in [0.25, 0.3) is 0 Å². The number of nitrogens with zero attached hydrogens (tertiary/aromatic N) is 3. The lowest BCUT2D eigenvalue weighted by molar-refractivity contribution is 0.171. The minimum atomic E-state index is -3.07. The molecule has 5 rings (SSSR count). The van der Waals surface area contributed by atoms with Crippen molar-refractivity contribution in [1.82, 2.24) is 9.97 Å². The van der Waals surface area contributed by atoms with Crippen molar-refractivity contribution in [3.05, 3.63) is 59.7 Å². The van der Waals surface area contributed by atoms with Gasteiger partial charge >= 0.3 is 0 Å². The number of thiophene rings is 1. The fraction of sp³-hybridized carbons (Fsp3) is 0.423. The van der Waals surface area contributed by atoms with Crippen LogP contribution in [-0.2, 0) is 4.57 Å². The first-order valence-corrected chi connectivity index (χ1v) is 14.7. The Kier molecular flexibility index (Phi) is 7.74. The molecule has 3 N–H and O–H groups in total. The maximum absolute atomic E-state index is 12.2. The number of nitrogens with two attached hydrogens (primary N) is 1. The van der Waals surface area contributed by atoms with Crippen LogP contribution < -0.4 is 15.1 Å². The van der Waals surface area contributed by atoms with Crippen LogP contribution in [0.25, 0.3) is 0 Å². The molecule has 0 bridgehead atoms. The number of hydrogen-bond acceptors (Lipinski definition) is 7. The van der Waals surface area contributed by atoms with Crippen LogP contribution in [-0.4, -0.2) is 32.3 Å². The Morgan fingerprint density at radius 3 is 2.49 bits per heavy atom. The molecule has 0 saturated heterocycles. The number of ether oxygens (including phenoxy) is 1. The summed E-state index contributed by atoms with van der Waals surface area (Å²) < 4.78 is 18.8. The molecular weight excluding hydrogens is 479 g/mol. The molecule has 9 heteroatoms. The zero-order chi connectivity index (χ0) is 25.1. The first-order chi connectivity index (χ1) is 16.7. The van der Waals surface area contributed by atoms with Crippen LogP contribution in [0.1, 0.15) is 52.0 Å². The summed E-state index contributed by atoms with van der Waals surface area (Å²) in [6, 6.07) is 13.5. The third kappa shape index (κ3) is 6.18. The Morgan fingerprint density at radius 2 is 1.83 bits per heavy atom. The zero-order valence-electron chi connectivity index (χ0n) is 20.4. The Hall–Kier alpha value is -2.54. The van der Waals surface area contributed by atoms with Gasteiger partial charge in [0.2, 0.25) is 13.2 Å². The summed E-state index contributed by atoms with van der Waals surface area (Å²) in [6.45, 7) is 6.19. The number of rotatable bonds is 4. The second kappa shape index (κ2) is 10.6. The van der Waals surface area contributed by atoms with Crippen molar-refractivity contribution in [2.45, 2.75) is 52.1 Å². The maximum Gasteiger partial charge on any atom is 0.246 e. The quantitative estimate of drug-likeness (QED) is 0.426. The van der Waals surface area contributed by atoms with Crippen molar-refractivity contribution < 1.29 is 14.2 Å². The number of aliphatic imine (C=N–C) groups is 1. The predicted molar refractivity (Wildman–Crippen MR) is 144 cm³/mol. The molecule has 7 nitrogen and oxygen atoms in total. The molecule has 3 heterocycles. The molecule has 1 unspecified atom stereocenters. The average molecular weight is 513 g/mol. The van der Waals surface area contributed by atoms with E-state index >= 15 is 0 Å². The number of fused-ring (bicyclic) bond motifs is 1. The summed E-state index contributed by atoms with van der Waals surface area (Å²) in [4.78, 5) is 22.7. The minimum absolute atomic E-state index is 0.328. The van der Waals surface area contributed by atoms with Gasteiger partial charge in [-0.3, -0.25) is 4.57 Å². The molecule has 0 radical (unpaired) electrons. The molecule has 2 aromatic heterocycles. The number of anilines is 1. The Bertz CT molecular complexity index is 1210. The van der Waals surface area contributed by atoms with Gasteiger partial charge in [-0.05, 0) is 50.0 Å². The molecule has 1 atom stereocenters. The van der Waals surface area contributed by atoms with E-state index in [1.807, 2.05) is 55.6 Å². The first-order valence-electron chi connectivity index (χ1n) is 12.0. The van der Waals surface area contributed by atoms with Gasteiger partial charge in [-0.1, -0.05) is 56.2 Å². The zero-order valence-corrected chi connectivity index (χ0v) is 22.1. The number of nitrogen functional groups attached to an aromatic ring is 1. The summed E-state index contributed by atoms with van der Waals surface area (Å²) in [5, 5.41) is 1.88. The molecule has 1 fully saturated rings. The van der Waals surface area contributed by atoms with Crippen LogP contribution in [0.15, 0.2) is 59.2 Å². The highest BCUT2D eigenvalue weighted by atomic mass is 32.1. The highest BCUT2D eigenvalue weighted by Crippen LogP contribution is 2.46. The monoisotopic (exact) mass is 512 g/mol. The number of hydrogen-bond donors (Lipinski definition) is 2. The van der Waals surface area contributed by atoms with Gasteiger partial charge in [-0.2, -0.15) is 4.98 Å². The fourth-order valence-electron chi connectivity index (χ4n) is 4.52. The molecule has 1 saturated carbocycles. The maximum atomic E-state index is 12.2. The largest absolute Gasteiger partial charge is 0.463 e. The molecular formula is C26H33N4O3PS. The molecule has 0 amide bonds. The van der Waals surface area contributed by atoms with Crippen LogP contribution in [0.3, 0.4) is 0 Å². The average Bonchev–Trinajstić information content (AvgIpc) is 3.37. The fourth-order valence-corrected chi connectivity index (χ4v) is 7.60. The van der Waals surface area contributed by atoms with Gasteiger partial charge < -0.3 is 15.4 Å². The molecule has 0 spiro atoms. The summed E-state index contributed by atoms with van der Waals surface area (Å²) in [5.41, 5.74) is 7.59. The molecule has 1 aliphatic heterocycles. The van der Waals surface area contributed by atoms with Gasteiger partial charge in [0, 0.05) is 11.7 Å². The van der Waals surface area contributed by atoms with E-state index < -0.39 is 13.0 Å². The second-order valence-electron chi connectivity index (χ2n) is 9.81. The van der Waals surface area contributed by atoms with Crippen molar-refractivity contribution in [1.29, 1.82) is 0 Å². The summed E-state index contributed by atoms with van der Waals surface area (Å²) in [5.74, 6) is 2.01. The van der Waals surface area contributed by atoms with Gasteiger partial charge in [0.1, 0.15) is 11.9 Å². The summed E-state index contributed by atoms with van der Waals surface area (Å²) in [7, 11) is -3.07. The van der Waals surface area contributed by atoms with E-state index in [2.05, 4.69) is 21.9 Å². The molecule has 1 aromatic carbocycles. The smallest absolute Gasteiger partial charge is 0.246 e. The van der Waals surface area contributed by atoms with Gasteiger partial charge in [-0.25, -0.2) is 9.98 Å². The Morgan fingerprint density at radius 1 is 1.11 bits per heavy atom. The van der Waals surface area contributed by atoms with Crippen molar-refractivity contribution in [3.63, 3.8) is 0 Å². The van der Waals surface area contributed by atoms with E-state index in [1.54, 1.807) is 6.07 Å². The van der Waals surface area contributed by atoms with Crippen LogP contribution in [0, 0.1) is 11.8 Å². The summed E-state index contributed by atoms with van der Waals surface area (Å²) in [6.07, 6.45) is 6.55. The number of aromatic nitrogens is 2. The van der Waals surface area contributed by atoms with Crippen LogP contribution >= 0.6 is 18.7 Å². The van der Waals surface area contributed by atoms with E-state index in [0.717, 1.165) is 30.0 Å². The van der Waals surface area contributed by atoms with Crippen LogP contribution in [0.2, 0.25) is 0 Å². The summed E-state index contributed by atoms with van der Waals surface area (Å²) >= 11 is 1.41. The molecule has 3 aromatic rings. The van der Waals surface area contributed by atoms with Gasteiger partial charge in [-0.15, -0.1) is 11.3 Å². The normalized spacial score (nSPS) is 22.5. The first kappa shape index (κ1) is 25.5. The second-order valence-corrected chi connectivity index (χ2v) is 13.3. The molecule has 2 aliphatic rings. The highest BCUT2D eigenvalue weighted by Gasteiger charge is 2.35. The Balaban J connectivity index is 0.000000168. The topological polar surface area (TPSA) is 111 Å². The van der Waals surface area contributed by atoms with Gasteiger partial charge in [0.15, 0.2) is 11.5 Å². The van der Waals surface area contributed by atoms with Crippen LogP contribution in [0.5, 0.6) is 5.88 Å². The van der Waals surface area contributed by atoms with Crippen molar-refractivity contribution in [3.8, 4) is 5.88 Å². The van der Waals surface area contributed by atoms with Crippen molar-refractivity contribution >= 4 is 40.5 Å². The van der Waals surface area contributed by atoms with Crippen LogP contribution in [0.4, 0.5) is 11.5 Å². The Labute approximate surface area is 211 Å².